The molecule has 110 valence electrons. The summed E-state index contributed by atoms with van der Waals surface area (Å²) in [5.41, 5.74) is 2.16. The predicted molar refractivity (Wildman–Crippen MR) is 83.9 cm³/mol. The zero-order valence-electron chi connectivity index (χ0n) is 12.1. The molecule has 0 fully saturated rings. The van der Waals surface area contributed by atoms with Gasteiger partial charge >= 0.3 is 0 Å². The van der Waals surface area contributed by atoms with E-state index in [-0.39, 0.29) is 11.7 Å². The Labute approximate surface area is 127 Å². The lowest BCUT2D eigenvalue weighted by Gasteiger charge is -2.19. The number of amides is 1. The van der Waals surface area contributed by atoms with E-state index in [1.165, 1.54) is 23.5 Å². The van der Waals surface area contributed by atoms with Crippen molar-refractivity contribution >= 4 is 17.2 Å². The Balaban J connectivity index is 2.20. The van der Waals surface area contributed by atoms with E-state index in [0.29, 0.717) is 23.8 Å². The smallest absolute Gasteiger partial charge is 0.273 e. The first-order valence-electron chi connectivity index (χ1n) is 6.66. The van der Waals surface area contributed by atoms with Crippen LogP contribution >= 0.6 is 11.3 Å². The third-order valence-corrected chi connectivity index (χ3v) is 3.84. The normalized spacial score (nSPS) is 10.4. The van der Waals surface area contributed by atoms with Crippen LogP contribution < -0.4 is 0 Å². The highest BCUT2D eigenvalue weighted by molar-refractivity contribution is 7.13. The topological polar surface area (TPSA) is 33.2 Å². The highest BCUT2D eigenvalue weighted by Crippen LogP contribution is 2.24. The van der Waals surface area contributed by atoms with Gasteiger partial charge in [-0.2, -0.15) is 0 Å². The van der Waals surface area contributed by atoms with Crippen LogP contribution in [0.2, 0.25) is 0 Å². The Kier molecular flexibility index (Phi) is 4.85. The van der Waals surface area contributed by atoms with Crippen LogP contribution in [0.15, 0.2) is 41.8 Å². The van der Waals surface area contributed by atoms with Crippen molar-refractivity contribution in [2.45, 2.75) is 13.8 Å². The summed E-state index contributed by atoms with van der Waals surface area (Å²) in [4.78, 5) is 18.4. The molecule has 2 aromatic rings. The van der Waals surface area contributed by atoms with Crippen molar-refractivity contribution < 1.29 is 9.18 Å². The summed E-state index contributed by atoms with van der Waals surface area (Å²) in [7, 11) is 0. The van der Waals surface area contributed by atoms with Crippen molar-refractivity contribution in [3.63, 3.8) is 0 Å². The van der Waals surface area contributed by atoms with Gasteiger partial charge in [-0.25, -0.2) is 9.37 Å². The zero-order chi connectivity index (χ0) is 15.4. The van der Waals surface area contributed by atoms with E-state index in [9.17, 15) is 9.18 Å². The molecule has 0 spiro atoms. The number of halogens is 1. The molecule has 0 atom stereocenters. The van der Waals surface area contributed by atoms with Gasteiger partial charge in [0.15, 0.2) is 0 Å². The van der Waals surface area contributed by atoms with E-state index in [1.54, 1.807) is 22.4 Å². The molecule has 5 heteroatoms. The van der Waals surface area contributed by atoms with Crippen LogP contribution in [0.1, 0.15) is 24.3 Å². The quantitative estimate of drug-likeness (QED) is 0.783. The molecule has 1 amide bonds. The van der Waals surface area contributed by atoms with E-state index in [1.807, 2.05) is 13.8 Å². The van der Waals surface area contributed by atoms with Crippen LogP contribution in [-0.4, -0.2) is 28.9 Å². The molecule has 3 nitrogen and oxygen atoms in total. The molecular formula is C16H17FN2OS. The maximum Gasteiger partial charge on any atom is 0.273 e. The third-order valence-electron chi connectivity index (χ3n) is 2.94. The van der Waals surface area contributed by atoms with Gasteiger partial charge in [-0.3, -0.25) is 4.79 Å². The second-order valence-corrected chi connectivity index (χ2v) is 5.68. The summed E-state index contributed by atoms with van der Waals surface area (Å²) >= 11 is 1.38. The second-order valence-electron chi connectivity index (χ2n) is 4.82. The number of likely N-dealkylation sites (N-methyl/N-ethyl adjacent to an activating group) is 1. The van der Waals surface area contributed by atoms with E-state index < -0.39 is 0 Å². The molecule has 0 aliphatic rings. The molecule has 0 saturated heterocycles. The van der Waals surface area contributed by atoms with Gasteiger partial charge in [0.1, 0.15) is 16.5 Å². The Morgan fingerprint density at radius 3 is 2.62 bits per heavy atom. The summed E-state index contributed by atoms with van der Waals surface area (Å²) in [6.07, 6.45) is 0. The van der Waals surface area contributed by atoms with E-state index in [4.69, 9.17) is 0 Å². The Morgan fingerprint density at radius 2 is 2.05 bits per heavy atom. The lowest BCUT2D eigenvalue weighted by Crippen LogP contribution is -2.32. The lowest BCUT2D eigenvalue weighted by molar-refractivity contribution is 0.0773. The van der Waals surface area contributed by atoms with Crippen molar-refractivity contribution in [2.75, 3.05) is 13.1 Å². The summed E-state index contributed by atoms with van der Waals surface area (Å²) in [6, 6.07) is 6.09. The van der Waals surface area contributed by atoms with Gasteiger partial charge in [0, 0.05) is 24.0 Å². The minimum atomic E-state index is -0.287. The number of carbonyl (C=O) groups is 1. The summed E-state index contributed by atoms with van der Waals surface area (Å²) in [5, 5.41) is 2.45. The molecule has 2 rings (SSSR count). The average molecular weight is 304 g/mol. The second kappa shape index (κ2) is 6.63. The van der Waals surface area contributed by atoms with Crippen LogP contribution in [0.5, 0.6) is 0 Å². The molecule has 1 aromatic heterocycles. The predicted octanol–water partition coefficient (Wildman–Crippen LogP) is 3.99. The van der Waals surface area contributed by atoms with Crippen LogP contribution in [-0.2, 0) is 0 Å². The number of benzene rings is 1. The number of nitrogens with zero attached hydrogens (tertiary/aromatic N) is 2. The van der Waals surface area contributed by atoms with Gasteiger partial charge in [-0.05, 0) is 38.1 Å². The van der Waals surface area contributed by atoms with E-state index >= 15 is 0 Å². The molecule has 1 heterocycles. The summed E-state index contributed by atoms with van der Waals surface area (Å²) in [6.45, 7) is 8.78. The Hall–Kier alpha value is -2.01. The van der Waals surface area contributed by atoms with Gasteiger partial charge < -0.3 is 4.90 Å². The average Bonchev–Trinajstić information content (AvgIpc) is 2.94. The van der Waals surface area contributed by atoms with Gasteiger partial charge in [0.25, 0.3) is 5.91 Å². The molecule has 21 heavy (non-hydrogen) atoms. The minimum Gasteiger partial charge on any atom is -0.334 e. The van der Waals surface area contributed by atoms with Crippen molar-refractivity contribution in [1.29, 1.82) is 0 Å². The van der Waals surface area contributed by atoms with Crippen molar-refractivity contribution in [2.24, 2.45) is 0 Å². The molecule has 0 radical (unpaired) electrons. The molecule has 0 bridgehead atoms. The standard InChI is InChI=1S/C16H17FN2OS/c1-4-19(9-11(2)3)16(20)14-10-21-15(18-14)12-5-7-13(17)8-6-12/h5-8,10H,2,4,9H2,1,3H3. The molecule has 0 unspecified atom stereocenters. The van der Waals surface area contributed by atoms with Crippen molar-refractivity contribution in [1.82, 2.24) is 9.88 Å². The number of hydrogen-bond donors (Lipinski definition) is 0. The number of carbonyl (C=O) groups excluding carboxylic acids is 1. The highest BCUT2D eigenvalue weighted by Gasteiger charge is 2.17. The number of aromatic nitrogens is 1. The minimum absolute atomic E-state index is 0.106. The summed E-state index contributed by atoms with van der Waals surface area (Å²) in [5.74, 6) is -0.393. The van der Waals surface area contributed by atoms with Crippen LogP contribution in [0.3, 0.4) is 0 Å². The van der Waals surface area contributed by atoms with E-state index in [0.717, 1.165) is 11.1 Å². The molecule has 1 aromatic carbocycles. The monoisotopic (exact) mass is 304 g/mol. The van der Waals surface area contributed by atoms with Crippen molar-refractivity contribution in [3.8, 4) is 10.6 Å². The number of rotatable bonds is 5. The van der Waals surface area contributed by atoms with Crippen LogP contribution in [0.4, 0.5) is 4.39 Å². The van der Waals surface area contributed by atoms with Crippen LogP contribution in [0, 0.1) is 5.82 Å². The highest BCUT2D eigenvalue weighted by atomic mass is 32.1. The zero-order valence-corrected chi connectivity index (χ0v) is 12.9. The first-order valence-corrected chi connectivity index (χ1v) is 7.54. The summed E-state index contributed by atoms with van der Waals surface area (Å²) < 4.78 is 12.9. The van der Waals surface area contributed by atoms with Gasteiger partial charge in [-0.15, -0.1) is 11.3 Å². The maximum absolute atomic E-state index is 12.9. The fourth-order valence-corrected chi connectivity index (χ4v) is 2.71. The molecule has 0 saturated carbocycles. The molecule has 0 aliphatic heterocycles. The molecule has 0 N–H and O–H groups in total. The first-order chi connectivity index (χ1) is 10.0. The van der Waals surface area contributed by atoms with E-state index in [2.05, 4.69) is 11.6 Å². The largest absolute Gasteiger partial charge is 0.334 e. The van der Waals surface area contributed by atoms with Gasteiger partial charge in [0.05, 0.1) is 0 Å². The lowest BCUT2D eigenvalue weighted by atomic mass is 10.2. The number of thiazole rings is 1. The maximum atomic E-state index is 12.9. The fourth-order valence-electron chi connectivity index (χ4n) is 1.91. The molecule has 0 aliphatic carbocycles. The Morgan fingerprint density at radius 1 is 1.38 bits per heavy atom. The molecular weight excluding hydrogens is 287 g/mol. The fraction of sp³-hybridized carbons (Fsp3) is 0.250. The first kappa shape index (κ1) is 15.4. The van der Waals surface area contributed by atoms with Crippen molar-refractivity contribution in [3.05, 3.63) is 53.3 Å². The van der Waals surface area contributed by atoms with Gasteiger partial charge in [-0.1, -0.05) is 12.2 Å². The third kappa shape index (κ3) is 3.76. The van der Waals surface area contributed by atoms with Gasteiger partial charge in [0.2, 0.25) is 0 Å². The van der Waals surface area contributed by atoms with Crippen LogP contribution in [0.25, 0.3) is 10.6 Å². The SMILES string of the molecule is C=C(C)CN(CC)C(=O)c1csc(-c2ccc(F)cc2)n1. The Bertz CT molecular complexity index is 649. The number of hydrogen-bond acceptors (Lipinski definition) is 3.